The zero-order valence-corrected chi connectivity index (χ0v) is 12.7. The molecule has 3 heteroatoms. The van der Waals surface area contributed by atoms with Gasteiger partial charge in [-0.15, -0.1) is 0 Å². The topological polar surface area (TPSA) is 22.1 Å². The van der Waals surface area contributed by atoms with Gasteiger partial charge >= 0.3 is 0 Å². The summed E-state index contributed by atoms with van der Waals surface area (Å²) in [6, 6.07) is 9.96. The molecule has 0 saturated carbocycles. The zero-order valence-electron chi connectivity index (χ0n) is 11.9. The highest BCUT2D eigenvalue weighted by molar-refractivity contribution is 6.30. The highest BCUT2D eigenvalue weighted by atomic mass is 35.5. The lowest BCUT2D eigenvalue weighted by molar-refractivity contribution is 0.407. The number of aromatic nitrogens is 1. The molecule has 1 heterocycles. The number of nitrogens with zero attached hydrogens (tertiary/aromatic N) is 1. The molecule has 0 N–H and O–H groups in total. The molecule has 1 aromatic heterocycles. The van der Waals surface area contributed by atoms with Crippen LogP contribution in [-0.2, 0) is 0 Å². The van der Waals surface area contributed by atoms with Crippen molar-refractivity contribution in [3.63, 3.8) is 0 Å². The number of pyridine rings is 1. The number of rotatable bonds is 4. The summed E-state index contributed by atoms with van der Waals surface area (Å²) in [4.78, 5) is 4.23. The lowest BCUT2D eigenvalue weighted by Crippen LogP contribution is -1.94. The van der Waals surface area contributed by atoms with Crippen LogP contribution < -0.4 is 4.74 Å². The second-order valence-corrected chi connectivity index (χ2v) is 5.33. The fourth-order valence-corrected chi connectivity index (χ4v) is 2.09. The van der Waals surface area contributed by atoms with Gasteiger partial charge in [-0.2, -0.15) is 0 Å². The lowest BCUT2D eigenvalue weighted by atomic mass is 10.00. The molecule has 0 amide bonds. The molecule has 0 aliphatic rings. The molecule has 104 valence electrons. The van der Waals surface area contributed by atoms with E-state index in [-0.39, 0.29) is 0 Å². The van der Waals surface area contributed by atoms with Gasteiger partial charge in [0, 0.05) is 6.20 Å². The number of halogens is 1. The van der Waals surface area contributed by atoms with E-state index in [0.29, 0.717) is 10.9 Å². The third-order valence-electron chi connectivity index (χ3n) is 3.08. The zero-order chi connectivity index (χ0) is 14.5. The van der Waals surface area contributed by atoms with Gasteiger partial charge in [0.05, 0.1) is 17.8 Å². The maximum atomic E-state index is 5.81. The van der Waals surface area contributed by atoms with Crippen molar-refractivity contribution in [2.24, 2.45) is 0 Å². The Labute approximate surface area is 125 Å². The van der Waals surface area contributed by atoms with Crippen LogP contribution in [0.4, 0.5) is 0 Å². The van der Waals surface area contributed by atoms with E-state index < -0.39 is 0 Å². The molecule has 2 aromatic rings. The highest BCUT2D eigenvalue weighted by Gasteiger charge is 2.06. The highest BCUT2D eigenvalue weighted by Crippen LogP contribution is 2.27. The maximum absolute atomic E-state index is 5.81. The van der Waals surface area contributed by atoms with Crippen LogP contribution in [0.1, 0.15) is 36.6 Å². The molecule has 0 atom stereocenters. The molecule has 0 spiro atoms. The molecule has 0 bridgehead atoms. The standard InChI is InChI=1S/C17H18ClNO/c1-12(2)16-9-5-13(10-17(16)20-3)4-7-15-8-6-14(18)11-19-15/h4-12H,1-3H3/b7-4+. The van der Waals surface area contributed by atoms with Gasteiger partial charge in [0.2, 0.25) is 0 Å². The van der Waals surface area contributed by atoms with Crippen molar-refractivity contribution in [2.45, 2.75) is 19.8 Å². The Morgan fingerprint density at radius 3 is 2.55 bits per heavy atom. The average molecular weight is 288 g/mol. The molecule has 20 heavy (non-hydrogen) atoms. The Morgan fingerprint density at radius 1 is 1.15 bits per heavy atom. The van der Waals surface area contributed by atoms with Crippen molar-refractivity contribution in [3.8, 4) is 5.75 Å². The number of hydrogen-bond donors (Lipinski definition) is 0. The first kappa shape index (κ1) is 14.6. The second-order valence-electron chi connectivity index (χ2n) is 4.89. The van der Waals surface area contributed by atoms with E-state index in [1.165, 1.54) is 5.56 Å². The molecular weight excluding hydrogens is 270 g/mol. The Bertz CT molecular complexity index is 603. The average Bonchev–Trinajstić information content (AvgIpc) is 2.46. The van der Waals surface area contributed by atoms with Crippen LogP contribution in [0.25, 0.3) is 12.2 Å². The van der Waals surface area contributed by atoms with Gasteiger partial charge < -0.3 is 4.74 Å². The summed E-state index contributed by atoms with van der Waals surface area (Å²) in [5, 5.41) is 0.644. The molecule has 0 aliphatic carbocycles. The van der Waals surface area contributed by atoms with E-state index in [4.69, 9.17) is 16.3 Å². The predicted molar refractivity (Wildman–Crippen MR) is 85.3 cm³/mol. The van der Waals surface area contributed by atoms with Crippen LogP contribution in [0.15, 0.2) is 36.5 Å². The summed E-state index contributed by atoms with van der Waals surface area (Å²) < 4.78 is 5.45. The molecule has 2 nitrogen and oxygen atoms in total. The van der Waals surface area contributed by atoms with Gasteiger partial charge in [-0.05, 0) is 41.3 Å². The van der Waals surface area contributed by atoms with E-state index in [0.717, 1.165) is 17.0 Å². The fourth-order valence-electron chi connectivity index (χ4n) is 1.98. The van der Waals surface area contributed by atoms with Crippen molar-refractivity contribution in [3.05, 3.63) is 58.4 Å². The number of methoxy groups -OCH3 is 1. The predicted octanol–water partition coefficient (Wildman–Crippen LogP) is 5.04. The second kappa shape index (κ2) is 6.58. The van der Waals surface area contributed by atoms with Crippen molar-refractivity contribution in [2.75, 3.05) is 7.11 Å². The van der Waals surface area contributed by atoms with E-state index >= 15 is 0 Å². The monoisotopic (exact) mass is 287 g/mol. The van der Waals surface area contributed by atoms with Gasteiger partial charge in [0.25, 0.3) is 0 Å². The summed E-state index contributed by atoms with van der Waals surface area (Å²) in [7, 11) is 1.70. The van der Waals surface area contributed by atoms with Crippen molar-refractivity contribution < 1.29 is 4.74 Å². The number of benzene rings is 1. The van der Waals surface area contributed by atoms with E-state index in [2.05, 4.69) is 31.0 Å². The summed E-state index contributed by atoms with van der Waals surface area (Å²) in [6.07, 6.45) is 5.62. The Kier molecular flexibility index (Phi) is 4.80. The van der Waals surface area contributed by atoms with Gasteiger partial charge in [-0.25, -0.2) is 0 Å². The Morgan fingerprint density at radius 2 is 1.95 bits per heavy atom. The molecule has 2 rings (SSSR count). The third-order valence-corrected chi connectivity index (χ3v) is 3.30. The van der Waals surface area contributed by atoms with Crippen LogP contribution in [0, 0.1) is 0 Å². The van der Waals surface area contributed by atoms with Crippen molar-refractivity contribution in [1.82, 2.24) is 4.98 Å². The van der Waals surface area contributed by atoms with Gasteiger partial charge in [-0.3, -0.25) is 4.98 Å². The minimum Gasteiger partial charge on any atom is -0.496 e. The van der Waals surface area contributed by atoms with Gasteiger partial charge in [0.1, 0.15) is 5.75 Å². The summed E-state index contributed by atoms with van der Waals surface area (Å²) >= 11 is 5.81. The largest absolute Gasteiger partial charge is 0.496 e. The van der Waals surface area contributed by atoms with E-state index in [1.807, 2.05) is 30.4 Å². The van der Waals surface area contributed by atoms with Gasteiger partial charge in [0.15, 0.2) is 0 Å². The van der Waals surface area contributed by atoms with E-state index in [1.54, 1.807) is 13.3 Å². The van der Waals surface area contributed by atoms with Crippen molar-refractivity contribution in [1.29, 1.82) is 0 Å². The third kappa shape index (κ3) is 3.61. The first-order valence-electron chi connectivity index (χ1n) is 6.57. The number of ether oxygens (including phenoxy) is 1. The molecule has 0 saturated heterocycles. The summed E-state index contributed by atoms with van der Waals surface area (Å²) in [6.45, 7) is 4.32. The van der Waals surface area contributed by atoms with Crippen LogP contribution in [0.3, 0.4) is 0 Å². The van der Waals surface area contributed by atoms with Crippen LogP contribution >= 0.6 is 11.6 Å². The smallest absolute Gasteiger partial charge is 0.122 e. The first-order chi connectivity index (χ1) is 9.60. The van der Waals surface area contributed by atoms with Crippen molar-refractivity contribution >= 4 is 23.8 Å². The summed E-state index contributed by atoms with van der Waals surface area (Å²) in [5.41, 5.74) is 3.18. The maximum Gasteiger partial charge on any atom is 0.122 e. The molecular formula is C17H18ClNO. The van der Waals surface area contributed by atoms with Crippen LogP contribution in [0.2, 0.25) is 5.02 Å². The Hall–Kier alpha value is -1.80. The van der Waals surface area contributed by atoms with Gasteiger partial charge in [-0.1, -0.05) is 43.7 Å². The molecule has 0 fully saturated rings. The van der Waals surface area contributed by atoms with Crippen LogP contribution in [-0.4, -0.2) is 12.1 Å². The summed E-state index contributed by atoms with van der Waals surface area (Å²) in [5.74, 6) is 1.37. The first-order valence-corrected chi connectivity index (χ1v) is 6.95. The van der Waals surface area contributed by atoms with Crippen LogP contribution in [0.5, 0.6) is 5.75 Å². The minimum atomic E-state index is 0.445. The normalized spacial score (nSPS) is 11.2. The molecule has 1 aromatic carbocycles. The molecule has 0 unspecified atom stereocenters. The lowest BCUT2D eigenvalue weighted by Gasteiger charge is -2.12. The fraction of sp³-hybridized carbons (Fsp3) is 0.235. The minimum absolute atomic E-state index is 0.445. The number of hydrogen-bond acceptors (Lipinski definition) is 2. The molecule has 0 radical (unpaired) electrons. The Balaban J connectivity index is 2.23. The quantitative estimate of drug-likeness (QED) is 0.786. The van der Waals surface area contributed by atoms with E-state index in [9.17, 15) is 0 Å². The molecule has 0 aliphatic heterocycles. The SMILES string of the molecule is COc1cc(/C=C/c2ccc(Cl)cn2)ccc1C(C)C.